The van der Waals surface area contributed by atoms with E-state index in [2.05, 4.69) is 5.48 Å². The number of nitrogens with one attached hydrogen (secondary N) is 1. The first kappa shape index (κ1) is 13.8. The highest BCUT2D eigenvalue weighted by atomic mass is 16.6. The van der Waals surface area contributed by atoms with Crippen molar-refractivity contribution in [3.05, 3.63) is 23.8 Å². The first-order chi connectivity index (χ1) is 8.17. The molecule has 0 saturated heterocycles. The van der Waals surface area contributed by atoms with Gasteiger partial charge in [0.2, 0.25) is 0 Å². The molecule has 0 spiro atoms. The van der Waals surface area contributed by atoms with Crippen LogP contribution in [0.2, 0.25) is 0 Å². The van der Waals surface area contributed by atoms with Crippen LogP contribution in [-0.2, 0) is 11.4 Å². The van der Waals surface area contributed by atoms with Crippen molar-refractivity contribution >= 4 is 0 Å². The van der Waals surface area contributed by atoms with Crippen LogP contribution in [0, 0.1) is 0 Å². The summed E-state index contributed by atoms with van der Waals surface area (Å²) in [4.78, 5) is 5.08. The predicted octanol–water partition coefficient (Wildman–Crippen LogP) is 2.52. The first-order valence-electron chi connectivity index (χ1n) is 5.85. The Kier molecular flexibility index (Phi) is 5.80. The van der Waals surface area contributed by atoms with Gasteiger partial charge in [-0.2, -0.15) is 5.48 Å². The summed E-state index contributed by atoms with van der Waals surface area (Å²) in [6.07, 6.45) is 0.135. The highest BCUT2D eigenvalue weighted by Gasteiger charge is 2.07. The quantitative estimate of drug-likeness (QED) is 0.586. The normalized spacial score (nSPS) is 10.6. The highest BCUT2D eigenvalue weighted by molar-refractivity contribution is 5.43. The van der Waals surface area contributed by atoms with E-state index in [1.807, 2.05) is 39.0 Å². The molecule has 0 aliphatic carbocycles. The lowest BCUT2D eigenvalue weighted by molar-refractivity contribution is 0.0463. The highest BCUT2D eigenvalue weighted by Crippen LogP contribution is 2.28. The van der Waals surface area contributed by atoms with Crippen LogP contribution in [0.1, 0.15) is 26.3 Å². The summed E-state index contributed by atoms with van der Waals surface area (Å²) in [7, 11) is 1.64. The van der Waals surface area contributed by atoms with Crippen molar-refractivity contribution in [1.82, 2.24) is 5.48 Å². The summed E-state index contributed by atoms with van der Waals surface area (Å²) >= 11 is 0. The summed E-state index contributed by atoms with van der Waals surface area (Å²) in [6.45, 7) is 7.21. The SMILES string of the molecule is CCONCc1ccc(OC(C)C)c(OC)c1. The Morgan fingerprint density at radius 1 is 1.24 bits per heavy atom. The molecule has 0 aliphatic rings. The fourth-order valence-corrected chi connectivity index (χ4v) is 1.41. The van der Waals surface area contributed by atoms with E-state index in [0.717, 1.165) is 17.1 Å². The monoisotopic (exact) mass is 239 g/mol. The van der Waals surface area contributed by atoms with Gasteiger partial charge in [-0.1, -0.05) is 6.07 Å². The van der Waals surface area contributed by atoms with E-state index in [1.54, 1.807) is 7.11 Å². The minimum absolute atomic E-state index is 0.135. The average molecular weight is 239 g/mol. The number of rotatable bonds is 7. The molecule has 0 aromatic heterocycles. The second-order valence-electron chi connectivity index (χ2n) is 3.91. The van der Waals surface area contributed by atoms with E-state index in [1.165, 1.54) is 0 Å². The zero-order valence-corrected chi connectivity index (χ0v) is 10.9. The number of hydrogen-bond donors (Lipinski definition) is 1. The second-order valence-corrected chi connectivity index (χ2v) is 3.91. The maximum absolute atomic E-state index is 5.64. The van der Waals surface area contributed by atoms with Gasteiger partial charge in [-0.3, -0.25) is 0 Å². The van der Waals surface area contributed by atoms with E-state index in [0.29, 0.717) is 13.2 Å². The lowest BCUT2D eigenvalue weighted by atomic mass is 10.2. The van der Waals surface area contributed by atoms with Gasteiger partial charge in [0.15, 0.2) is 11.5 Å². The Balaban J connectivity index is 2.70. The summed E-state index contributed by atoms with van der Waals surface area (Å²) in [5, 5.41) is 0. The Bertz CT molecular complexity index is 339. The Hall–Kier alpha value is -1.26. The standard InChI is InChI=1S/C13H21NO3/c1-5-16-14-9-11-6-7-12(17-10(2)3)13(8-11)15-4/h6-8,10,14H,5,9H2,1-4H3. The number of methoxy groups -OCH3 is 1. The molecule has 0 unspecified atom stereocenters. The Labute approximate surface area is 103 Å². The molecule has 0 atom stereocenters. The second kappa shape index (κ2) is 7.14. The molecule has 0 radical (unpaired) electrons. The van der Waals surface area contributed by atoms with Crippen molar-refractivity contribution in [3.8, 4) is 11.5 Å². The van der Waals surface area contributed by atoms with Crippen LogP contribution in [0.3, 0.4) is 0 Å². The van der Waals surface area contributed by atoms with E-state index < -0.39 is 0 Å². The minimum atomic E-state index is 0.135. The molecule has 1 N–H and O–H groups in total. The molecule has 0 bridgehead atoms. The molecule has 0 saturated carbocycles. The Morgan fingerprint density at radius 3 is 2.59 bits per heavy atom. The fraction of sp³-hybridized carbons (Fsp3) is 0.538. The van der Waals surface area contributed by atoms with Gasteiger partial charge in [0.05, 0.1) is 19.8 Å². The van der Waals surface area contributed by atoms with Crippen molar-refractivity contribution in [1.29, 1.82) is 0 Å². The molecule has 0 heterocycles. The Morgan fingerprint density at radius 2 is 2.00 bits per heavy atom. The number of hydroxylamine groups is 1. The number of ether oxygens (including phenoxy) is 2. The lowest BCUT2D eigenvalue weighted by Crippen LogP contribution is -2.14. The van der Waals surface area contributed by atoms with E-state index >= 15 is 0 Å². The van der Waals surface area contributed by atoms with Crippen LogP contribution in [0.25, 0.3) is 0 Å². The largest absolute Gasteiger partial charge is 0.493 e. The van der Waals surface area contributed by atoms with Crippen LogP contribution in [0.15, 0.2) is 18.2 Å². The zero-order valence-electron chi connectivity index (χ0n) is 10.9. The van der Waals surface area contributed by atoms with Gasteiger partial charge in [0, 0.05) is 6.54 Å². The molecule has 0 aliphatic heterocycles. The smallest absolute Gasteiger partial charge is 0.161 e. The van der Waals surface area contributed by atoms with Crippen molar-refractivity contribution < 1.29 is 14.3 Å². The molecular formula is C13H21NO3. The van der Waals surface area contributed by atoms with Gasteiger partial charge in [0.1, 0.15) is 0 Å². The summed E-state index contributed by atoms with van der Waals surface area (Å²) < 4.78 is 10.9. The molecule has 96 valence electrons. The van der Waals surface area contributed by atoms with Gasteiger partial charge in [-0.05, 0) is 38.5 Å². The van der Waals surface area contributed by atoms with Gasteiger partial charge < -0.3 is 14.3 Å². The predicted molar refractivity (Wildman–Crippen MR) is 67.2 cm³/mol. The van der Waals surface area contributed by atoms with Gasteiger partial charge in [0.25, 0.3) is 0 Å². The molecule has 0 amide bonds. The summed E-state index contributed by atoms with van der Waals surface area (Å²) in [6, 6.07) is 5.86. The first-order valence-corrected chi connectivity index (χ1v) is 5.85. The van der Waals surface area contributed by atoms with Crippen molar-refractivity contribution in [3.63, 3.8) is 0 Å². The van der Waals surface area contributed by atoms with E-state index in [-0.39, 0.29) is 6.10 Å². The molecule has 1 aromatic rings. The van der Waals surface area contributed by atoms with E-state index in [4.69, 9.17) is 14.3 Å². The van der Waals surface area contributed by atoms with Gasteiger partial charge in [-0.25, -0.2) is 0 Å². The fourth-order valence-electron chi connectivity index (χ4n) is 1.41. The molecule has 1 aromatic carbocycles. The van der Waals surface area contributed by atoms with Crippen LogP contribution < -0.4 is 15.0 Å². The van der Waals surface area contributed by atoms with Crippen LogP contribution in [0.5, 0.6) is 11.5 Å². The van der Waals surface area contributed by atoms with Crippen LogP contribution >= 0.6 is 0 Å². The third kappa shape index (κ3) is 4.63. The molecule has 17 heavy (non-hydrogen) atoms. The summed E-state index contributed by atoms with van der Waals surface area (Å²) in [5.41, 5.74) is 3.96. The van der Waals surface area contributed by atoms with Gasteiger partial charge in [-0.15, -0.1) is 0 Å². The number of hydrogen-bond acceptors (Lipinski definition) is 4. The lowest BCUT2D eigenvalue weighted by Gasteiger charge is -2.14. The van der Waals surface area contributed by atoms with Crippen molar-refractivity contribution in [2.24, 2.45) is 0 Å². The third-order valence-corrected chi connectivity index (χ3v) is 2.11. The zero-order chi connectivity index (χ0) is 12.7. The van der Waals surface area contributed by atoms with Crippen molar-refractivity contribution in [2.45, 2.75) is 33.4 Å². The maximum atomic E-state index is 5.64. The topological polar surface area (TPSA) is 39.7 Å². The molecule has 4 heteroatoms. The molecule has 1 rings (SSSR count). The van der Waals surface area contributed by atoms with E-state index in [9.17, 15) is 0 Å². The molecule has 0 fully saturated rings. The molecular weight excluding hydrogens is 218 g/mol. The minimum Gasteiger partial charge on any atom is -0.493 e. The van der Waals surface area contributed by atoms with Crippen LogP contribution in [-0.4, -0.2) is 19.8 Å². The summed E-state index contributed by atoms with van der Waals surface area (Å²) in [5.74, 6) is 1.51. The van der Waals surface area contributed by atoms with Gasteiger partial charge >= 0.3 is 0 Å². The van der Waals surface area contributed by atoms with Crippen molar-refractivity contribution in [2.75, 3.05) is 13.7 Å². The third-order valence-electron chi connectivity index (χ3n) is 2.11. The molecule has 4 nitrogen and oxygen atoms in total. The number of benzene rings is 1. The average Bonchev–Trinajstić information content (AvgIpc) is 2.30. The van der Waals surface area contributed by atoms with Crippen LogP contribution in [0.4, 0.5) is 0 Å². The maximum Gasteiger partial charge on any atom is 0.161 e.